The molecule has 0 aliphatic heterocycles. The number of hydrogen-bond acceptors (Lipinski definition) is 31. The molecule has 6 aromatic heterocycles. The summed E-state index contributed by atoms with van der Waals surface area (Å²) in [5.74, 6) is 4.49. The van der Waals surface area contributed by atoms with Gasteiger partial charge in [-0.1, -0.05) is 11.6 Å². The van der Waals surface area contributed by atoms with Gasteiger partial charge in [-0.25, -0.2) is 4.98 Å². The molecule has 0 aromatic carbocycles. The van der Waals surface area contributed by atoms with Gasteiger partial charge in [0.2, 0.25) is 47.5 Å². The molecule has 0 radical (unpaired) electrons. The van der Waals surface area contributed by atoms with Gasteiger partial charge in [-0.05, 0) is 78.1 Å². The lowest BCUT2D eigenvalue weighted by Gasteiger charge is -2.11. The molecule has 11 rings (SSSR count). The number of aromatic nitrogens is 12. The number of ether oxygens (including phenoxy) is 6. The predicted molar refractivity (Wildman–Crippen MR) is 355 cm³/mol. The summed E-state index contributed by atoms with van der Waals surface area (Å²) in [6.07, 6.45) is 9.95. The highest BCUT2D eigenvalue weighted by Crippen LogP contribution is 2.35. The van der Waals surface area contributed by atoms with Gasteiger partial charge in [-0.15, -0.1) is 0 Å². The van der Waals surface area contributed by atoms with Crippen LogP contribution in [-0.4, -0.2) is 174 Å². The van der Waals surface area contributed by atoms with E-state index >= 15 is 0 Å². The van der Waals surface area contributed by atoms with Crippen molar-refractivity contribution in [3.05, 3.63) is 83.0 Å². The summed E-state index contributed by atoms with van der Waals surface area (Å²) < 4.78 is 54.4. The summed E-state index contributed by atoms with van der Waals surface area (Å²) in [7, 11) is -8.33. The maximum atomic E-state index is 11.8. The molecule has 6 heterocycles. The Labute approximate surface area is 548 Å². The first-order chi connectivity index (χ1) is 45.2. The quantitative estimate of drug-likeness (QED) is 0.0171. The van der Waals surface area contributed by atoms with Gasteiger partial charge in [0, 0.05) is 79.8 Å². The third-order valence-electron chi connectivity index (χ3n) is 12.5. The van der Waals surface area contributed by atoms with Crippen LogP contribution in [-0.2, 0) is 41.2 Å². The van der Waals surface area contributed by atoms with Crippen LogP contribution in [0.25, 0.3) is 0 Å². The fraction of sp³-hybridized carbons (Fsp3) is 0.547. The Morgan fingerprint density at radius 1 is 0.463 bits per heavy atom. The summed E-state index contributed by atoms with van der Waals surface area (Å²) in [4.78, 5) is 116. The molecule has 5 saturated carbocycles. The van der Waals surface area contributed by atoms with Crippen molar-refractivity contribution in [2.45, 2.75) is 121 Å². The van der Waals surface area contributed by atoms with Gasteiger partial charge in [0.15, 0.2) is 0 Å². The molecule has 0 saturated heterocycles. The highest BCUT2D eigenvalue weighted by Gasteiger charge is 2.26. The number of hydrogen-bond donors (Lipinski definition) is 17. The van der Waals surface area contributed by atoms with Gasteiger partial charge in [-0.3, -0.25) is 47.4 Å². The first-order valence-corrected chi connectivity index (χ1v) is 34.1. The monoisotopic (exact) mass is 1400 g/mol. The van der Waals surface area contributed by atoms with E-state index in [9.17, 15) is 28.3 Å². The fourth-order valence-corrected chi connectivity index (χ4v) is 8.31. The fourth-order valence-electron chi connectivity index (χ4n) is 7.38. The van der Waals surface area contributed by atoms with E-state index in [2.05, 4.69) is 76.4 Å². The number of aromatic amines is 2. The van der Waals surface area contributed by atoms with Crippen molar-refractivity contribution in [1.29, 1.82) is 0 Å². The Balaban J connectivity index is 0.000000183. The van der Waals surface area contributed by atoms with Crippen LogP contribution in [0, 0.1) is 0 Å². The van der Waals surface area contributed by atoms with E-state index in [1.807, 2.05) is 13.8 Å². The van der Waals surface area contributed by atoms with Crippen LogP contribution in [0.2, 0.25) is 5.15 Å². The molecule has 0 atom stereocenters. The van der Waals surface area contributed by atoms with Gasteiger partial charge < -0.3 is 109 Å². The molecule has 0 amide bonds. The molecule has 0 spiro atoms. The second-order valence-electron chi connectivity index (χ2n) is 21.4. The van der Waals surface area contributed by atoms with Crippen molar-refractivity contribution in [2.75, 3.05) is 127 Å². The van der Waals surface area contributed by atoms with Gasteiger partial charge >= 0.3 is 15.2 Å². The van der Waals surface area contributed by atoms with Gasteiger partial charge in [0.05, 0.1) is 39.5 Å². The van der Waals surface area contributed by atoms with Crippen LogP contribution < -0.4 is 92.7 Å². The van der Waals surface area contributed by atoms with Gasteiger partial charge in [-0.2, -0.15) is 34.9 Å². The molecule has 39 nitrogen and oxygen atoms in total. The van der Waals surface area contributed by atoms with Crippen molar-refractivity contribution < 1.29 is 57.1 Å². The molecule has 5 aliphatic rings. The number of rotatable bonds is 30. The maximum absolute atomic E-state index is 11.8. The smallest absolute Gasteiger partial charge is 0.350 e. The lowest BCUT2D eigenvalue weighted by atomic mass is 10.5. The van der Waals surface area contributed by atoms with E-state index in [1.165, 1.54) is 40.2 Å². The van der Waals surface area contributed by atoms with Crippen molar-refractivity contribution in [3.8, 4) is 11.8 Å². The van der Waals surface area contributed by atoms with Crippen LogP contribution in [0.4, 0.5) is 64.8 Å². The van der Waals surface area contributed by atoms with Crippen LogP contribution in [0.5, 0.6) is 11.8 Å². The topological polar surface area (TPSA) is 600 Å². The summed E-state index contributed by atoms with van der Waals surface area (Å²) in [5, 5.41) is 15.9. The lowest BCUT2D eigenvalue weighted by Crippen LogP contribution is -2.26. The number of nitrogen functional groups attached to an aromatic ring is 6. The Hall–Kier alpha value is -8.49. The summed E-state index contributed by atoms with van der Waals surface area (Å²) in [6, 6.07) is 11.1. The molecular formula is C53H84ClN23O16P2. The standard InChI is InChI=1S/2C11H18N4O2.2C10H17N4O5P.C7H10N4O.C4H4ClN3O/c1-2-16-5-6-17-10-7-9(13-8-3-4-8)14-11(12)15-10;1-2-17-6-5-15-10(16)7-9(14-11(15)12)13-8-3-4-8;11-10-13-8(12-7-1-2-7)5-9(14-10)19-4-3-18-6-20(15,16)17;11-10-13-8(12-7-1-2-7)5-9(15)14(10)3-4-19-6-20(16,17)18;8-7-10-5(3-6(12)11-7)9-4-1-2-4;5-2-1-3(9)8-4(6)7-2/h7-8H,2-6H2,1H3,(H3,12,13,14,15);7-8,13H,2-6H2,1H3,(H2,12,14);5,7H,1-4,6H2,(H2,15,16,17)(H3,11,12,13,14);5,7,12H,1-4,6H2,(H2,11,13)(H2,16,17,18);3-4H,1-2H2,(H4,8,9,10,11,12);1H,(H3,6,7,8,9). The van der Waals surface area contributed by atoms with E-state index in [0.717, 1.165) is 63.3 Å². The van der Waals surface area contributed by atoms with Crippen LogP contribution >= 0.6 is 26.8 Å². The number of nitrogens with zero attached hydrogens (tertiary/aromatic N) is 10. The zero-order chi connectivity index (χ0) is 69.1. The van der Waals surface area contributed by atoms with E-state index in [4.69, 9.17) is 94.0 Å². The third-order valence-corrected chi connectivity index (χ3v) is 13.7. The van der Waals surface area contributed by atoms with Crippen molar-refractivity contribution in [1.82, 2.24) is 59.0 Å². The van der Waals surface area contributed by atoms with Gasteiger partial charge in [0.25, 0.3) is 22.2 Å². The zero-order valence-corrected chi connectivity index (χ0v) is 54.8. The molecule has 524 valence electrons. The van der Waals surface area contributed by atoms with Crippen molar-refractivity contribution in [3.63, 3.8) is 0 Å². The highest BCUT2D eigenvalue weighted by molar-refractivity contribution is 7.51. The first-order valence-electron chi connectivity index (χ1n) is 30.1. The Morgan fingerprint density at radius 2 is 0.800 bits per heavy atom. The van der Waals surface area contributed by atoms with E-state index in [0.29, 0.717) is 105 Å². The molecule has 23 N–H and O–H groups in total. The second-order valence-corrected chi connectivity index (χ2v) is 25.0. The number of nitrogens with two attached hydrogens (primary N) is 6. The lowest BCUT2D eigenvalue weighted by molar-refractivity contribution is 0.108. The normalized spacial score (nSPS) is 14.6. The van der Waals surface area contributed by atoms with Crippen LogP contribution in [0.1, 0.15) is 78.1 Å². The van der Waals surface area contributed by atoms with E-state index < -0.39 is 27.9 Å². The minimum atomic E-state index is -4.19. The van der Waals surface area contributed by atoms with E-state index in [-0.39, 0.29) is 89.4 Å². The minimum Gasteiger partial charge on any atom is -0.475 e. The molecule has 5 aliphatic carbocycles. The molecule has 42 heteroatoms. The molecule has 0 unspecified atom stereocenters. The average Bonchev–Trinajstić information content (AvgIpc) is 1.16. The Bertz CT molecular complexity index is 3710. The molecule has 95 heavy (non-hydrogen) atoms. The molecule has 0 bridgehead atoms. The number of anilines is 11. The number of halogens is 1. The zero-order valence-electron chi connectivity index (χ0n) is 52.3. The third kappa shape index (κ3) is 33.0. The Morgan fingerprint density at radius 3 is 1.15 bits per heavy atom. The average molecular weight is 1400 g/mol. The number of H-pyrrole nitrogens is 2. The summed E-state index contributed by atoms with van der Waals surface area (Å²) in [5.41, 5.74) is 32.1. The second kappa shape index (κ2) is 37.6. The summed E-state index contributed by atoms with van der Waals surface area (Å²) >= 11 is 5.34. The minimum absolute atomic E-state index is 0.0347. The summed E-state index contributed by atoms with van der Waals surface area (Å²) in [6.45, 7) is 7.29. The maximum Gasteiger partial charge on any atom is 0.350 e. The van der Waals surface area contributed by atoms with Crippen molar-refractivity contribution >= 4 is 91.6 Å². The van der Waals surface area contributed by atoms with Gasteiger partial charge in [0.1, 0.15) is 60.2 Å². The Kier molecular flexibility index (Phi) is 29.9. The van der Waals surface area contributed by atoms with Crippen LogP contribution in [0.3, 0.4) is 0 Å². The molecule has 6 aromatic rings. The highest BCUT2D eigenvalue weighted by atomic mass is 35.5. The first kappa shape index (κ1) is 75.5. The van der Waals surface area contributed by atoms with Crippen LogP contribution in [0.15, 0.2) is 55.6 Å². The number of nitrogens with one attached hydrogen (secondary N) is 7. The molecular weight excluding hydrogens is 1310 g/mol. The van der Waals surface area contributed by atoms with Crippen molar-refractivity contribution in [2.24, 2.45) is 0 Å². The molecule has 5 fully saturated rings. The predicted octanol–water partition coefficient (Wildman–Crippen LogP) is 1.13. The SMILES string of the molecule is CCOCCOc1cc(NC2CC2)nc(N)n1.CCOCCn1c(N)nc(NC2CC2)cc1=O.Nc1nc(Cl)cc(=O)[nH]1.Nc1nc(NC2CC2)cc(=O)[nH]1.Nc1nc(NC2CC2)cc(=O)n1CCOCP(=O)(O)O.Nc1nc(NC2CC2)cc(OCCOCP(=O)(O)O)n1. The largest absolute Gasteiger partial charge is 0.475 e. The van der Waals surface area contributed by atoms with E-state index in [1.54, 1.807) is 12.1 Å².